The summed E-state index contributed by atoms with van der Waals surface area (Å²) >= 11 is 0. The van der Waals surface area contributed by atoms with Gasteiger partial charge in [0, 0.05) is 44.1 Å². The lowest BCUT2D eigenvalue weighted by molar-refractivity contribution is -0.256. The fourth-order valence-corrected chi connectivity index (χ4v) is 9.31. The second-order valence-corrected chi connectivity index (χ2v) is 15.9. The second kappa shape index (κ2) is 23.3. The summed E-state index contributed by atoms with van der Waals surface area (Å²) in [6.07, 6.45) is 9.90. The Morgan fingerprint density at radius 1 is 0.950 bits per heavy atom. The minimum absolute atomic E-state index is 0.00204. The van der Waals surface area contributed by atoms with Crippen LogP contribution < -0.4 is 4.74 Å². The highest BCUT2D eigenvalue weighted by Crippen LogP contribution is 2.62. The summed E-state index contributed by atoms with van der Waals surface area (Å²) in [5.74, 6) is -1.71. The van der Waals surface area contributed by atoms with Crippen molar-refractivity contribution in [3.8, 4) is 11.5 Å². The van der Waals surface area contributed by atoms with Crippen LogP contribution in [0.2, 0.25) is 0 Å². The number of carbonyl (C=O) groups excluding carboxylic acids is 1. The molecule has 0 spiro atoms. The molecule has 6 rings (SSSR count). The molecule has 2 aromatic rings. The molecule has 0 bridgehead atoms. The number of fused-ring (bicyclic) bond motifs is 2. The van der Waals surface area contributed by atoms with Gasteiger partial charge in [0.1, 0.15) is 24.1 Å². The Morgan fingerprint density at radius 3 is 2.52 bits per heavy atom. The Labute approximate surface area is 353 Å². The van der Waals surface area contributed by atoms with E-state index in [-0.39, 0.29) is 89.3 Å². The van der Waals surface area contributed by atoms with E-state index >= 15 is 0 Å². The van der Waals surface area contributed by atoms with E-state index in [1.54, 1.807) is 29.2 Å². The van der Waals surface area contributed by atoms with Crippen molar-refractivity contribution in [2.75, 3.05) is 66.0 Å². The highest BCUT2D eigenvalue weighted by molar-refractivity contribution is 6.03. The van der Waals surface area contributed by atoms with Gasteiger partial charge in [0.2, 0.25) is 12.1 Å². The van der Waals surface area contributed by atoms with Crippen LogP contribution in [0.5, 0.6) is 11.5 Å². The summed E-state index contributed by atoms with van der Waals surface area (Å²) in [5, 5.41) is 45.1. The average Bonchev–Trinajstić information content (AvgIpc) is 3.27. The van der Waals surface area contributed by atoms with Gasteiger partial charge >= 0.3 is 6.09 Å². The van der Waals surface area contributed by atoms with Crippen LogP contribution in [0.4, 0.5) is 4.79 Å². The van der Waals surface area contributed by atoms with Gasteiger partial charge in [-0.05, 0) is 79.7 Å². The normalized spacial score (nSPS) is 26.3. The molecule has 14 nitrogen and oxygen atoms in total. The number of phenolic OH excluding ortho intramolecular Hbond substituents is 1. The lowest BCUT2D eigenvalue weighted by Crippen LogP contribution is -2.70. The van der Waals surface area contributed by atoms with Crippen LogP contribution >= 0.6 is 0 Å². The van der Waals surface area contributed by atoms with Crippen molar-refractivity contribution < 1.29 is 58.5 Å². The van der Waals surface area contributed by atoms with E-state index in [0.29, 0.717) is 43.9 Å². The number of amides is 1. The number of hydrogen-bond donors (Lipinski definition) is 4. The predicted octanol–water partition coefficient (Wildman–Crippen LogP) is 6.22. The zero-order valence-electron chi connectivity index (χ0n) is 34.7. The molecule has 330 valence electrons. The zero-order valence-corrected chi connectivity index (χ0v) is 34.7. The van der Waals surface area contributed by atoms with Gasteiger partial charge in [-0.15, -0.1) is 6.58 Å². The van der Waals surface area contributed by atoms with Crippen molar-refractivity contribution in [3.05, 3.63) is 84.0 Å². The molecule has 7 unspecified atom stereocenters. The third-order valence-electron chi connectivity index (χ3n) is 12.0. The van der Waals surface area contributed by atoms with Crippen molar-refractivity contribution in [2.24, 2.45) is 22.9 Å². The van der Waals surface area contributed by atoms with Crippen molar-refractivity contribution in [1.29, 1.82) is 0 Å². The number of nitrogens with zero attached hydrogens (tertiary/aromatic N) is 2. The summed E-state index contributed by atoms with van der Waals surface area (Å²) in [4.78, 5) is 22.3. The summed E-state index contributed by atoms with van der Waals surface area (Å²) in [7, 11) is 0. The smallest absolute Gasteiger partial charge is 0.410 e. The molecule has 2 fully saturated rings. The van der Waals surface area contributed by atoms with Gasteiger partial charge in [0.05, 0.1) is 57.9 Å². The molecule has 1 amide bonds. The Bertz CT molecular complexity index is 1700. The van der Waals surface area contributed by atoms with E-state index in [2.05, 4.69) is 12.7 Å². The summed E-state index contributed by atoms with van der Waals surface area (Å²) in [6, 6.07) is 14.0. The first-order chi connectivity index (χ1) is 29.4. The Balaban J connectivity index is 1.45. The number of aromatic hydroxyl groups is 1. The van der Waals surface area contributed by atoms with Gasteiger partial charge in [-0.2, -0.15) is 0 Å². The predicted molar refractivity (Wildman–Crippen MR) is 223 cm³/mol. The van der Waals surface area contributed by atoms with E-state index < -0.39 is 30.1 Å². The van der Waals surface area contributed by atoms with Crippen LogP contribution in [-0.4, -0.2) is 121 Å². The van der Waals surface area contributed by atoms with Crippen LogP contribution in [0.25, 0.3) is 0 Å². The molecule has 2 aliphatic carbocycles. The lowest BCUT2D eigenvalue weighted by Gasteiger charge is -2.59. The molecular weight excluding hydrogens is 773 g/mol. The molecule has 2 heterocycles. The summed E-state index contributed by atoms with van der Waals surface area (Å²) in [6.45, 7) is 5.37. The number of phenols is 1. The minimum Gasteiger partial charge on any atom is -0.508 e. The first kappa shape index (κ1) is 45.5. The number of oxime groups is 1. The van der Waals surface area contributed by atoms with Crippen LogP contribution in [0, 0.1) is 17.8 Å². The Morgan fingerprint density at radius 2 is 1.77 bits per heavy atom. The quantitative estimate of drug-likeness (QED) is 0.0535. The first-order valence-electron chi connectivity index (χ1n) is 21.7. The molecular formula is C46H64N2O12. The Kier molecular flexibility index (Phi) is 17.6. The first-order valence-corrected chi connectivity index (χ1v) is 21.7. The summed E-state index contributed by atoms with van der Waals surface area (Å²) in [5.41, 5.74) is 3.31. The molecule has 7 atom stereocenters. The third kappa shape index (κ3) is 11.3. The second-order valence-electron chi connectivity index (χ2n) is 15.9. The molecule has 60 heavy (non-hydrogen) atoms. The topological polar surface area (TPSA) is 178 Å². The van der Waals surface area contributed by atoms with Crippen LogP contribution in [0.1, 0.15) is 81.3 Å². The van der Waals surface area contributed by atoms with Gasteiger partial charge in [0.25, 0.3) is 0 Å². The largest absolute Gasteiger partial charge is 0.508 e. The van der Waals surface area contributed by atoms with Crippen LogP contribution in [0.3, 0.4) is 0 Å². The van der Waals surface area contributed by atoms with E-state index in [1.807, 2.05) is 30.3 Å². The monoisotopic (exact) mass is 836 g/mol. The number of benzene rings is 2. The molecule has 4 N–H and O–H groups in total. The zero-order chi connectivity index (χ0) is 42.2. The summed E-state index contributed by atoms with van der Waals surface area (Å²) < 4.78 is 37.6. The molecule has 1 saturated carbocycles. The molecule has 4 aliphatic rings. The molecule has 2 aromatic carbocycles. The van der Waals surface area contributed by atoms with E-state index in [9.17, 15) is 25.2 Å². The minimum atomic E-state index is -1.51. The van der Waals surface area contributed by atoms with Crippen LogP contribution in [0.15, 0.2) is 78.0 Å². The third-order valence-corrected chi connectivity index (χ3v) is 12.0. The number of ether oxygens (including phenoxy) is 6. The van der Waals surface area contributed by atoms with Gasteiger partial charge in [-0.1, -0.05) is 60.5 Å². The van der Waals surface area contributed by atoms with Crippen molar-refractivity contribution in [3.63, 3.8) is 0 Å². The number of unbranched alkanes of at least 4 members (excludes halogenated alkanes) is 2. The Hall–Kier alpha value is -4.02. The van der Waals surface area contributed by atoms with E-state index in [4.69, 9.17) is 38.4 Å². The van der Waals surface area contributed by atoms with E-state index in [1.165, 1.54) is 0 Å². The number of carbonyl (C=O) groups is 1. The lowest BCUT2D eigenvalue weighted by atomic mass is 9.55. The van der Waals surface area contributed by atoms with E-state index in [0.717, 1.165) is 55.2 Å². The van der Waals surface area contributed by atoms with Gasteiger partial charge in [-0.3, -0.25) is 4.90 Å². The maximum absolute atomic E-state index is 14.5. The molecule has 2 aliphatic heterocycles. The number of hydrogen-bond acceptors (Lipinski definition) is 13. The SMILES string of the molecule is C=CCOC12Oc3ccc(O)cc3C3C(CCCCO)C(CCCCO)C=C(C(=NOC4CCCCO4)CC1N(CCOCCO)C(=O)OCCOCc1ccccc1)C32. The number of allylic oxidation sites excluding steroid dienone is 1. The molecule has 0 aromatic heterocycles. The standard InChI is InChI=1S/C46H64N2O12/c1-2-23-58-46-41(48(19-25-54-26-22-51)45(53)57-28-27-55-32-33-12-4-3-5-13-33)31-39(47-60-42-16-8-11-24-56-42)37-29-34(14-6-9-20-49)36(15-7-10-21-50)43(44(37)46)38-30-35(52)17-18-40(38)59-46/h2-5,12-13,17-18,29-30,34,36,41-44,49-52H,1,6-11,14-16,19-28,31-32H2. The fraction of sp³-hybridized carbons (Fsp3) is 0.609. The van der Waals surface area contributed by atoms with Gasteiger partial charge < -0.3 is 53.7 Å². The maximum Gasteiger partial charge on any atom is 0.410 e. The maximum atomic E-state index is 14.5. The molecule has 0 radical (unpaired) electrons. The average molecular weight is 837 g/mol. The fourth-order valence-electron chi connectivity index (χ4n) is 9.31. The molecule has 1 saturated heterocycles. The van der Waals surface area contributed by atoms with Crippen molar-refractivity contribution in [2.45, 2.75) is 94.9 Å². The highest BCUT2D eigenvalue weighted by Gasteiger charge is 2.65. The molecule has 14 heteroatoms. The number of aliphatic hydroxyl groups is 3. The number of rotatable bonds is 24. The van der Waals surface area contributed by atoms with Crippen molar-refractivity contribution >= 4 is 11.8 Å². The van der Waals surface area contributed by atoms with Gasteiger partial charge in [0.15, 0.2) is 0 Å². The number of aliphatic hydroxyl groups excluding tert-OH is 3. The van der Waals surface area contributed by atoms with Gasteiger partial charge in [-0.25, -0.2) is 4.79 Å². The highest BCUT2D eigenvalue weighted by atomic mass is 16.8. The van der Waals surface area contributed by atoms with Crippen LogP contribution in [-0.2, 0) is 35.1 Å². The van der Waals surface area contributed by atoms with Crippen molar-refractivity contribution in [1.82, 2.24) is 4.90 Å².